The van der Waals surface area contributed by atoms with Gasteiger partial charge in [-0.05, 0) is 48.0 Å². The molecular weight excluding hydrogens is 244 g/mol. The van der Waals surface area contributed by atoms with E-state index in [4.69, 9.17) is 10.6 Å². The van der Waals surface area contributed by atoms with Crippen LogP contribution >= 0.6 is 12.2 Å². The molecular formula is C14H14N2OS. The molecule has 1 aliphatic rings. The van der Waals surface area contributed by atoms with Gasteiger partial charge in [-0.1, -0.05) is 30.3 Å². The van der Waals surface area contributed by atoms with Gasteiger partial charge in [0, 0.05) is 5.39 Å². The Labute approximate surface area is 111 Å². The van der Waals surface area contributed by atoms with E-state index in [9.17, 15) is 0 Å². The molecule has 0 heterocycles. The van der Waals surface area contributed by atoms with Gasteiger partial charge in [0.1, 0.15) is 0 Å². The maximum absolute atomic E-state index is 5.32. The van der Waals surface area contributed by atoms with E-state index >= 15 is 0 Å². The van der Waals surface area contributed by atoms with Crippen molar-refractivity contribution in [3.8, 4) is 0 Å². The van der Waals surface area contributed by atoms with Crippen LogP contribution in [0.4, 0.5) is 5.69 Å². The number of anilines is 1. The summed E-state index contributed by atoms with van der Waals surface area (Å²) in [7, 11) is 0. The zero-order valence-corrected chi connectivity index (χ0v) is 10.7. The van der Waals surface area contributed by atoms with Crippen molar-refractivity contribution in [3.63, 3.8) is 0 Å². The normalized spacial score (nSPS) is 14.4. The van der Waals surface area contributed by atoms with Gasteiger partial charge in [0.25, 0.3) is 5.17 Å². The molecule has 3 N–H and O–H groups in total. The maximum Gasteiger partial charge on any atom is 0.283 e. The van der Waals surface area contributed by atoms with Crippen molar-refractivity contribution < 1.29 is 4.84 Å². The lowest BCUT2D eigenvalue weighted by atomic mass is 10.00. The van der Waals surface area contributed by atoms with Crippen molar-refractivity contribution in [2.24, 2.45) is 5.73 Å². The van der Waals surface area contributed by atoms with Crippen LogP contribution in [0.2, 0.25) is 0 Å². The van der Waals surface area contributed by atoms with Gasteiger partial charge in [0.05, 0.1) is 5.69 Å². The minimum atomic E-state index is -0.00893. The Morgan fingerprint density at radius 1 is 1.17 bits per heavy atom. The average molecular weight is 258 g/mol. The second kappa shape index (κ2) is 4.46. The molecule has 0 aliphatic heterocycles. The topological polar surface area (TPSA) is 47.3 Å². The van der Waals surface area contributed by atoms with Gasteiger partial charge < -0.3 is 10.6 Å². The molecule has 0 amide bonds. The molecule has 2 aromatic carbocycles. The number of thiocarbonyl (C=S) groups is 1. The summed E-state index contributed by atoms with van der Waals surface area (Å²) in [5.74, 6) is 0.723. The predicted molar refractivity (Wildman–Crippen MR) is 77.4 cm³/mol. The van der Waals surface area contributed by atoms with E-state index in [1.54, 1.807) is 0 Å². The first-order chi connectivity index (χ1) is 8.75. The lowest BCUT2D eigenvalue weighted by Gasteiger charge is -2.12. The average Bonchev–Trinajstić information content (AvgIpc) is 3.20. The molecule has 18 heavy (non-hydrogen) atoms. The Hall–Kier alpha value is -1.81. The smallest absolute Gasteiger partial charge is 0.283 e. The van der Waals surface area contributed by atoms with Crippen LogP contribution in [-0.2, 0) is 4.84 Å². The number of hydrogen-bond acceptors (Lipinski definition) is 3. The second-order valence-corrected chi connectivity index (χ2v) is 4.95. The lowest BCUT2D eigenvalue weighted by Crippen LogP contribution is -2.16. The van der Waals surface area contributed by atoms with Crippen molar-refractivity contribution >= 4 is 33.9 Å². The molecule has 0 atom stereocenters. The first kappa shape index (κ1) is 11.3. The minimum absolute atomic E-state index is 0.00893. The van der Waals surface area contributed by atoms with Crippen LogP contribution in [0.3, 0.4) is 0 Å². The summed E-state index contributed by atoms with van der Waals surface area (Å²) in [4.78, 5) is 5.01. The Bertz CT molecular complexity index is 608. The fourth-order valence-corrected chi connectivity index (χ4v) is 2.31. The predicted octanol–water partition coefficient (Wildman–Crippen LogP) is 3.30. The van der Waals surface area contributed by atoms with Crippen LogP contribution < -0.4 is 11.2 Å². The van der Waals surface area contributed by atoms with Crippen molar-refractivity contribution in [3.05, 3.63) is 42.0 Å². The van der Waals surface area contributed by atoms with Crippen LogP contribution in [0.15, 0.2) is 36.4 Å². The first-order valence-electron chi connectivity index (χ1n) is 5.99. The molecule has 1 aliphatic carbocycles. The third-order valence-corrected chi connectivity index (χ3v) is 3.32. The summed E-state index contributed by atoms with van der Waals surface area (Å²) in [6.07, 6.45) is 2.58. The van der Waals surface area contributed by atoms with Crippen molar-refractivity contribution in [2.75, 3.05) is 5.48 Å². The largest absolute Gasteiger partial charge is 0.358 e. The van der Waals surface area contributed by atoms with Crippen molar-refractivity contribution in [2.45, 2.75) is 18.8 Å². The van der Waals surface area contributed by atoms with E-state index in [2.05, 4.69) is 42.0 Å². The summed E-state index contributed by atoms with van der Waals surface area (Å²) < 4.78 is 0. The summed E-state index contributed by atoms with van der Waals surface area (Å²) in [5, 5.41) is 2.40. The molecule has 3 nitrogen and oxygen atoms in total. The number of nitrogens with one attached hydrogen (secondary N) is 1. The van der Waals surface area contributed by atoms with Gasteiger partial charge in [-0.2, -0.15) is 0 Å². The first-order valence-corrected chi connectivity index (χ1v) is 6.40. The van der Waals surface area contributed by atoms with Crippen LogP contribution in [0, 0.1) is 0 Å². The summed E-state index contributed by atoms with van der Waals surface area (Å²) in [6.45, 7) is 0. The third kappa shape index (κ3) is 2.11. The number of hydrogen-bond donors (Lipinski definition) is 2. The Morgan fingerprint density at radius 2 is 1.89 bits per heavy atom. The van der Waals surface area contributed by atoms with Gasteiger partial charge in [-0.25, -0.2) is 5.48 Å². The molecule has 2 aromatic rings. The van der Waals surface area contributed by atoms with Gasteiger partial charge >= 0.3 is 0 Å². The standard InChI is InChI=1S/C14H14N2OS/c15-14(18)17-16-13-8-7-10(9-5-6-9)11-3-1-2-4-12(11)13/h1-4,7-9,16H,5-6H2,(H2,15,18). The summed E-state index contributed by atoms with van der Waals surface area (Å²) in [6, 6.07) is 12.5. The molecule has 4 heteroatoms. The quantitative estimate of drug-likeness (QED) is 0.655. The highest BCUT2D eigenvalue weighted by Gasteiger charge is 2.25. The van der Waals surface area contributed by atoms with Gasteiger partial charge in [0.15, 0.2) is 0 Å². The molecule has 0 aromatic heterocycles. The molecule has 0 saturated heterocycles. The highest BCUT2D eigenvalue weighted by molar-refractivity contribution is 7.80. The number of fused-ring (bicyclic) bond motifs is 1. The summed E-state index contributed by atoms with van der Waals surface area (Å²) in [5.41, 5.74) is 10.4. The fourth-order valence-electron chi connectivity index (χ4n) is 2.27. The Morgan fingerprint density at radius 3 is 2.56 bits per heavy atom. The lowest BCUT2D eigenvalue weighted by molar-refractivity contribution is 0.399. The van der Waals surface area contributed by atoms with Gasteiger partial charge in [-0.3, -0.25) is 0 Å². The highest BCUT2D eigenvalue weighted by atomic mass is 32.1. The fraction of sp³-hybridized carbons (Fsp3) is 0.214. The van der Waals surface area contributed by atoms with E-state index < -0.39 is 0 Å². The van der Waals surface area contributed by atoms with E-state index in [1.165, 1.54) is 23.8 Å². The monoisotopic (exact) mass is 258 g/mol. The summed E-state index contributed by atoms with van der Waals surface area (Å²) >= 11 is 4.69. The minimum Gasteiger partial charge on any atom is -0.358 e. The van der Waals surface area contributed by atoms with Crippen LogP contribution in [0.5, 0.6) is 0 Å². The van der Waals surface area contributed by atoms with E-state index in [0.29, 0.717) is 0 Å². The SMILES string of the molecule is NC(=S)ONc1ccc(C2CC2)c2ccccc12. The molecule has 0 spiro atoms. The van der Waals surface area contributed by atoms with E-state index in [-0.39, 0.29) is 5.17 Å². The molecule has 1 saturated carbocycles. The van der Waals surface area contributed by atoms with Crippen molar-refractivity contribution in [1.29, 1.82) is 0 Å². The molecule has 3 rings (SSSR count). The third-order valence-electron chi connectivity index (χ3n) is 3.24. The van der Waals surface area contributed by atoms with Crippen molar-refractivity contribution in [1.82, 2.24) is 0 Å². The maximum atomic E-state index is 5.32. The Balaban J connectivity index is 2.05. The molecule has 0 unspecified atom stereocenters. The van der Waals surface area contributed by atoms with Crippen LogP contribution in [0.1, 0.15) is 24.3 Å². The molecule has 0 bridgehead atoms. The molecule has 92 valence electrons. The van der Waals surface area contributed by atoms with Crippen LogP contribution in [-0.4, -0.2) is 5.17 Å². The number of nitrogens with two attached hydrogens (primary N) is 1. The Kier molecular flexibility index (Phi) is 2.80. The second-order valence-electron chi connectivity index (χ2n) is 4.55. The highest BCUT2D eigenvalue weighted by Crippen LogP contribution is 2.44. The zero-order chi connectivity index (χ0) is 12.5. The number of benzene rings is 2. The van der Waals surface area contributed by atoms with Crippen LogP contribution in [0.25, 0.3) is 10.8 Å². The van der Waals surface area contributed by atoms with E-state index in [0.717, 1.165) is 17.0 Å². The van der Waals surface area contributed by atoms with Gasteiger partial charge in [-0.15, -0.1) is 0 Å². The van der Waals surface area contributed by atoms with E-state index in [1.807, 2.05) is 12.1 Å². The molecule has 1 fully saturated rings. The van der Waals surface area contributed by atoms with Gasteiger partial charge in [0.2, 0.25) is 0 Å². The number of rotatable bonds is 3. The zero-order valence-electron chi connectivity index (χ0n) is 9.85. The molecule has 0 radical (unpaired) electrons.